The number of amides is 2. The Kier molecular flexibility index (Phi) is 6.45. The summed E-state index contributed by atoms with van der Waals surface area (Å²) in [6.07, 6.45) is 0. The standard InChI is InChI=1S/C18H18N4O2S2/c1-13-7-5-6-10-15(13)19-16(23)20-17-21-18(22-26-17)25-12-11-24-14-8-3-2-4-9-14/h2-10H,11-12H2,1H3,(H2,19,20,21,22,23). The Balaban J connectivity index is 1.42. The average Bonchev–Trinajstić information content (AvgIpc) is 3.09. The molecule has 0 saturated carbocycles. The molecule has 8 heteroatoms. The van der Waals surface area contributed by atoms with Crippen molar-refractivity contribution in [1.29, 1.82) is 0 Å². The maximum atomic E-state index is 12.1. The van der Waals surface area contributed by atoms with E-state index >= 15 is 0 Å². The van der Waals surface area contributed by atoms with Gasteiger partial charge in [-0.05, 0) is 30.7 Å². The number of urea groups is 1. The quantitative estimate of drug-likeness (QED) is 0.456. The second-order valence-electron chi connectivity index (χ2n) is 5.29. The molecule has 1 aromatic heterocycles. The minimum absolute atomic E-state index is 0.334. The van der Waals surface area contributed by atoms with Crippen LogP contribution in [-0.4, -0.2) is 27.7 Å². The van der Waals surface area contributed by atoms with Crippen LogP contribution in [0.1, 0.15) is 5.56 Å². The van der Waals surface area contributed by atoms with E-state index in [1.165, 1.54) is 11.8 Å². The Morgan fingerprint density at radius 1 is 1.12 bits per heavy atom. The predicted molar refractivity (Wildman–Crippen MR) is 106 cm³/mol. The van der Waals surface area contributed by atoms with E-state index in [4.69, 9.17) is 4.74 Å². The van der Waals surface area contributed by atoms with Gasteiger partial charge >= 0.3 is 6.03 Å². The van der Waals surface area contributed by atoms with Crippen LogP contribution < -0.4 is 15.4 Å². The van der Waals surface area contributed by atoms with E-state index in [1.54, 1.807) is 0 Å². The molecule has 6 nitrogen and oxygen atoms in total. The van der Waals surface area contributed by atoms with Gasteiger partial charge in [-0.2, -0.15) is 9.36 Å². The van der Waals surface area contributed by atoms with E-state index < -0.39 is 0 Å². The van der Waals surface area contributed by atoms with Crippen LogP contribution >= 0.6 is 23.3 Å². The Morgan fingerprint density at radius 3 is 2.69 bits per heavy atom. The number of nitrogens with zero attached hydrogens (tertiary/aromatic N) is 2. The van der Waals surface area contributed by atoms with Gasteiger partial charge < -0.3 is 10.1 Å². The number of carbonyl (C=O) groups excluding carboxylic acids is 1. The molecule has 2 amide bonds. The monoisotopic (exact) mass is 386 g/mol. The summed E-state index contributed by atoms with van der Waals surface area (Å²) in [7, 11) is 0. The first-order chi connectivity index (χ1) is 12.7. The lowest BCUT2D eigenvalue weighted by Gasteiger charge is -2.07. The molecule has 134 valence electrons. The number of rotatable bonds is 7. The highest BCUT2D eigenvalue weighted by molar-refractivity contribution is 7.99. The lowest BCUT2D eigenvalue weighted by atomic mass is 10.2. The molecule has 26 heavy (non-hydrogen) atoms. The Hall–Kier alpha value is -2.58. The Morgan fingerprint density at radius 2 is 1.88 bits per heavy atom. The highest BCUT2D eigenvalue weighted by Crippen LogP contribution is 2.21. The summed E-state index contributed by atoms with van der Waals surface area (Å²) in [5.74, 6) is 1.56. The lowest BCUT2D eigenvalue weighted by molar-refractivity contribution is 0.262. The lowest BCUT2D eigenvalue weighted by Crippen LogP contribution is -2.19. The number of para-hydroxylation sites is 2. The van der Waals surface area contributed by atoms with Gasteiger partial charge in [-0.15, -0.1) is 0 Å². The van der Waals surface area contributed by atoms with Crippen LogP contribution in [0.5, 0.6) is 5.75 Å². The molecule has 3 aromatic rings. The molecule has 1 heterocycles. The number of ether oxygens (including phenoxy) is 1. The van der Waals surface area contributed by atoms with Gasteiger partial charge in [0.25, 0.3) is 0 Å². The number of hydrogen-bond donors (Lipinski definition) is 2. The summed E-state index contributed by atoms with van der Waals surface area (Å²) in [6, 6.07) is 16.9. The van der Waals surface area contributed by atoms with Gasteiger partial charge in [0.2, 0.25) is 10.3 Å². The van der Waals surface area contributed by atoms with E-state index in [0.29, 0.717) is 16.9 Å². The number of carbonyl (C=O) groups is 1. The van der Waals surface area contributed by atoms with Gasteiger partial charge in [0.05, 0.1) is 6.61 Å². The summed E-state index contributed by atoms with van der Waals surface area (Å²) in [5, 5.41) is 6.59. The molecule has 0 aliphatic heterocycles. The zero-order valence-electron chi connectivity index (χ0n) is 14.1. The van der Waals surface area contributed by atoms with Crippen molar-refractivity contribution in [2.75, 3.05) is 23.0 Å². The number of hydrogen-bond acceptors (Lipinski definition) is 6. The highest BCUT2D eigenvalue weighted by Gasteiger charge is 2.09. The topological polar surface area (TPSA) is 76.1 Å². The fraction of sp³-hybridized carbons (Fsp3) is 0.167. The first kappa shape index (κ1) is 18.2. The van der Waals surface area contributed by atoms with Gasteiger partial charge in [-0.25, -0.2) is 4.79 Å². The largest absolute Gasteiger partial charge is 0.493 e. The molecule has 0 spiro atoms. The Bertz CT molecular complexity index is 855. The van der Waals surface area contributed by atoms with Crippen molar-refractivity contribution < 1.29 is 9.53 Å². The molecule has 0 aliphatic rings. The van der Waals surface area contributed by atoms with Crippen LogP contribution in [0, 0.1) is 6.92 Å². The molecule has 3 rings (SSSR count). The highest BCUT2D eigenvalue weighted by atomic mass is 32.2. The minimum atomic E-state index is -0.334. The number of aromatic nitrogens is 2. The van der Waals surface area contributed by atoms with Crippen molar-refractivity contribution in [3.8, 4) is 5.75 Å². The first-order valence-corrected chi connectivity index (χ1v) is 9.74. The van der Waals surface area contributed by atoms with Gasteiger partial charge in [0.1, 0.15) is 5.75 Å². The van der Waals surface area contributed by atoms with Gasteiger partial charge in [0, 0.05) is 23.0 Å². The molecule has 0 bridgehead atoms. The maximum absolute atomic E-state index is 12.1. The molecule has 0 unspecified atom stereocenters. The molecule has 0 saturated heterocycles. The third kappa shape index (κ3) is 5.47. The molecule has 2 aromatic carbocycles. The molecular weight excluding hydrogens is 368 g/mol. The van der Waals surface area contributed by atoms with Crippen molar-refractivity contribution in [3.63, 3.8) is 0 Å². The first-order valence-electron chi connectivity index (χ1n) is 7.99. The molecule has 2 N–H and O–H groups in total. The van der Waals surface area contributed by atoms with Crippen LogP contribution in [0.3, 0.4) is 0 Å². The van der Waals surface area contributed by atoms with Crippen LogP contribution in [0.15, 0.2) is 59.8 Å². The number of aryl methyl sites for hydroxylation is 1. The van der Waals surface area contributed by atoms with Crippen molar-refractivity contribution in [1.82, 2.24) is 9.36 Å². The normalized spacial score (nSPS) is 10.3. The fourth-order valence-corrected chi connectivity index (χ4v) is 3.45. The molecule has 0 atom stereocenters. The summed E-state index contributed by atoms with van der Waals surface area (Å²) >= 11 is 2.64. The molecule has 0 fully saturated rings. The van der Waals surface area contributed by atoms with Gasteiger partial charge in [0.15, 0.2) is 0 Å². The van der Waals surface area contributed by atoms with Crippen LogP contribution in [0.25, 0.3) is 0 Å². The van der Waals surface area contributed by atoms with Crippen molar-refractivity contribution >= 4 is 40.1 Å². The van der Waals surface area contributed by atoms with E-state index in [2.05, 4.69) is 20.0 Å². The average molecular weight is 387 g/mol. The SMILES string of the molecule is Cc1ccccc1NC(=O)Nc1nc(SCCOc2ccccc2)ns1. The zero-order valence-corrected chi connectivity index (χ0v) is 15.8. The van der Waals surface area contributed by atoms with Crippen molar-refractivity contribution in [2.45, 2.75) is 12.1 Å². The Labute approximate surface area is 160 Å². The molecular formula is C18H18N4O2S2. The predicted octanol–water partition coefficient (Wildman–Crippen LogP) is 4.66. The number of benzene rings is 2. The number of nitrogens with one attached hydrogen (secondary N) is 2. The van der Waals surface area contributed by atoms with E-state index in [0.717, 1.165) is 34.3 Å². The molecule has 0 aliphatic carbocycles. The van der Waals surface area contributed by atoms with Crippen LogP contribution in [0.2, 0.25) is 0 Å². The third-order valence-corrected chi connectivity index (χ3v) is 4.91. The number of thioether (sulfide) groups is 1. The summed E-state index contributed by atoms with van der Waals surface area (Å²) < 4.78 is 9.86. The van der Waals surface area contributed by atoms with E-state index in [1.807, 2.05) is 61.5 Å². The van der Waals surface area contributed by atoms with E-state index in [9.17, 15) is 4.79 Å². The summed E-state index contributed by atoms with van der Waals surface area (Å²) in [5.41, 5.74) is 1.76. The molecule has 0 radical (unpaired) electrons. The van der Waals surface area contributed by atoms with Gasteiger partial charge in [-0.1, -0.05) is 48.2 Å². The van der Waals surface area contributed by atoms with Gasteiger partial charge in [-0.3, -0.25) is 5.32 Å². The summed E-state index contributed by atoms with van der Waals surface area (Å²) in [6.45, 7) is 2.50. The van der Waals surface area contributed by atoms with E-state index in [-0.39, 0.29) is 6.03 Å². The van der Waals surface area contributed by atoms with Crippen molar-refractivity contribution in [3.05, 3.63) is 60.2 Å². The smallest absolute Gasteiger partial charge is 0.325 e. The zero-order chi connectivity index (χ0) is 18.2. The minimum Gasteiger partial charge on any atom is -0.493 e. The fourth-order valence-electron chi connectivity index (χ4n) is 2.09. The maximum Gasteiger partial charge on any atom is 0.325 e. The second kappa shape index (κ2) is 9.21. The summed E-state index contributed by atoms with van der Waals surface area (Å²) in [4.78, 5) is 16.4. The van der Waals surface area contributed by atoms with Crippen LogP contribution in [-0.2, 0) is 0 Å². The second-order valence-corrected chi connectivity index (χ2v) is 7.10. The van der Waals surface area contributed by atoms with Crippen LogP contribution in [0.4, 0.5) is 15.6 Å². The number of anilines is 2. The van der Waals surface area contributed by atoms with Crippen molar-refractivity contribution in [2.24, 2.45) is 0 Å². The third-order valence-electron chi connectivity index (χ3n) is 3.35.